The van der Waals surface area contributed by atoms with Crippen LogP contribution in [0.1, 0.15) is 29.2 Å². The Balaban J connectivity index is 1.56. The molecule has 3 aromatic carbocycles. The molecule has 0 amide bonds. The van der Waals surface area contributed by atoms with Crippen molar-refractivity contribution in [3.05, 3.63) is 95.1 Å². The Bertz CT molecular complexity index is 1410. The maximum Gasteiger partial charge on any atom is 0.243 e. The first-order valence-electron chi connectivity index (χ1n) is 10.9. The number of benzene rings is 3. The van der Waals surface area contributed by atoms with Crippen LogP contribution in [0.5, 0.6) is 0 Å². The van der Waals surface area contributed by atoms with Gasteiger partial charge in [-0.05, 0) is 66.6 Å². The lowest BCUT2D eigenvalue weighted by Crippen LogP contribution is -2.42. The van der Waals surface area contributed by atoms with Crippen LogP contribution in [0.3, 0.4) is 0 Å². The van der Waals surface area contributed by atoms with Crippen LogP contribution in [-0.4, -0.2) is 37.0 Å². The highest BCUT2D eigenvalue weighted by atomic mass is 32.2. The molecule has 2 aliphatic heterocycles. The maximum absolute atomic E-state index is 13.8. The van der Waals surface area contributed by atoms with Crippen molar-refractivity contribution in [1.82, 2.24) is 4.31 Å². The van der Waals surface area contributed by atoms with Crippen LogP contribution in [0.4, 0.5) is 14.5 Å². The third kappa shape index (κ3) is 4.07. The molecule has 0 radical (unpaired) electrons. The summed E-state index contributed by atoms with van der Waals surface area (Å²) in [6.45, 7) is 0.112. The average Bonchev–Trinajstić information content (AvgIpc) is 3.29. The standard InChI is InChI=1S/C26H22F2N2O3S/c27-19-4-1-3-17(13-19)7-8-18-9-10-24-23(14-18)26-22(25(16-31)29-24)11-12-30(26)34(32,33)21-6-2-5-20(28)15-21/h1-6,9-10,13-15,22,25-26,29,31H,11-12,16H2/t22-,25+,26-/m1/s1. The predicted molar refractivity (Wildman–Crippen MR) is 124 cm³/mol. The van der Waals surface area contributed by atoms with Crippen LogP contribution < -0.4 is 5.32 Å². The zero-order valence-electron chi connectivity index (χ0n) is 18.1. The van der Waals surface area contributed by atoms with Gasteiger partial charge in [-0.3, -0.25) is 0 Å². The van der Waals surface area contributed by atoms with Crippen LogP contribution in [0.15, 0.2) is 71.6 Å². The second kappa shape index (κ2) is 8.84. The van der Waals surface area contributed by atoms with Crippen LogP contribution in [0.25, 0.3) is 0 Å². The van der Waals surface area contributed by atoms with E-state index in [1.54, 1.807) is 18.2 Å². The number of halogens is 2. The molecule has 1 saturated heterocycles. The van der Waals surface area contributed by atoms with E-state index in [0.29, 0.717) is 17.5 Å². The molecule has 2 N–H and O–H groups in total. The monoisotopic (exact) mass is 480 g/mol. The lowest BCUT2D eigenvalue weighted by Gasteiger charge is -2.38. The van der Waals surface area contributed by atoms with Crippen molar-refractivity contribution in [2.24, 2.45) is 5.92 Å². The number of anilines is 1. The van der Waals surface area contributed by atoms with Gasteiger partial charge in [-0.15, -0.1) is 0 Å². The highest BCUT2D eigenvalue weighted by Crippen LogP contribution is 2.48. The van der Waals surface area contributed by atoms with Crippen LogP contribution >= 0.6 is 0 Å². The van der Waals surface area contributed by atoms with Gasteiger partial charge in [0.15, 0.2) is 0 Å². The predicted octanol–water partition coefficient (Wildman–Crippen LogP) is 3.90. The second-order valence-corrected chi connectivity index (χ2v) is 10.4. The maximum atomic E-state index is 13.8. The molecule has 34 heavy (non-hydrogen) atoms. The Labute approximate surface area is 197 Å². The zero-order valence-corrected chi connectivity index (χ0v) is 18.9. The number of rotatable bonds is 3. The van der Waals surface area contributed by atoms with Gasteiger partial charge in [0.25, 0.3) is 0 Å². The van der Waals surface area contributed by atoms with Crippen LogP contribution in [-0.2, 0) is 10.0 Å². The fourth-order valence-corrected chi connectivity index (χ4v) is 6.54. The quantitative estimate of drug-likeness (QED) is 0.558. The summed E-state index contributed by atoms with van der Waals surface area (Å²) in [6.07, 6.45) is 0.552. The number of aliphatic hydroxyl groups excluding tert-OH is 1. The fraction of sp³-hybridized carbons (Fsp3) is 0.231. The summed E-state index contributed by atoms with van der Waals surface area (Å²) in [5, 5.41) is 13.3. The lowest BCUT2D eigenvalue weighted by atomic mass is 9.83. The average molecular weight is 481 g/mol. The van der Waals surface area contributed by atoms with Gasteiger partial charge in [0.2, 0.25) is 10.0 Å². The Morgan fingerprint density at radius 2 is 1.68 bits per heavy atom. The molecule has 3 aromatic rings. The molecule has 1 fully saturated rings. The number of nitrogens with one attached hydrogen (secondary N) is 1. The first-order chi connectivity index (χ1) is 16.4. The van der Waals surface area contributed by atoms with Crippen molar-refractivity contribution in [2.45, 2.75) is 23.4 Å². The molecule has 0 aromatic heterocycles. The highest BCUT2D eigenvalue weighted by Gasteiger charge is 2.48. The molecule has 5 nitrogen and oxygen atoms in total. The largest absolute Gasteiger partial charge is 0.394 e. The summed E-state index contributed by atoms with van der Waals surface area (Å²) in [5.41, 5.74) is 2.66. The number of sulfonamides is 1. The highest BCUT2D eigenvalue weighted by molar-refractivity contribution is 7.89. The molecule has 3 atom stereocenters. The first-order valence-corrected chi connectivity index (χ1v) is 12.4. The van der Waals surface area contributed by atoms with E-state index in [9.17, 15) is 22.3 Å². The van der Waals surface area contributed by atoms with E-state index in [4.69, 9.17) is 0 Å². The van der Waals surface area contributed by atoms with E-state index >= 15 is 0 Å². The topological polar surface area (TPSA) is 69.6 Å². The van der Waals surface area contributed by atoms with Gasteiger partial charge in [0, 0.05) is 29.3 Å². The zero-order chi connectivity index (χ0) is 23.9. The van der Waals surface area contributed by atoms with E-state index in [0.717, 1.165) is 17.3 Å². The van der Waals surface area contributed by atoms with Gasteiger partial charge in [-0.25, -0.2) is 17.2 Å². The minimum atomic E-state index is -3.97. The number of fused-ring (bicyclic) bond motifs is 3. The molecule has 8 heteroatoms. The fourth-order valence-electron chi connectivity index (χ4n) is 4.84. The van der Waals surface area contributed by atoms with Gasteiger partial charge in [-0.2, -0.15) is 4.31 Å². The van der Waals surface area contributed by atoms with E-state index in [2.05, 4.69) is 17.2 Å². The van der Waals surface area contributed by atoms with Gasteiger partial charge >= 0.3 is 0 Å². The molecular formula is C26H22F2N2O3S. The minimum absolute atomic E-state index is 0.101. The first kappa shape index (κ1) is 22.5. The Hall–Kier alpha value is -3.25. The third-order valence-electron chi connectivity index (χ3n) is 6.40. The van der Waals surface area contributed by atoms with Crippen molar-refractivity contribution in [2.75, 3.05) is 18.5 Å². The van der Waals surface area contributed by atoms with Gasteiger partial charge in [0.1, 0.15) is 11.6 Å². The number of aliphatic hydroxyl groups is 1. The summed E-state index contributed by atoms with van der Waals surface area (Å²) in [6, 6.07) is 15.6. The van der Waals surface area contributed by atoms with Crippen molar-refractivity contribution in [3.63, 3.8) is 0 Å². The van der Waals surface area contributed by atoms with Crippen molar-refractivity contribution in [3.8, 4) is 11.8 Å². The Morgan fingerprint density at radius 1 is 0.971 bits per heavy atom. The number of hydrogen-bond acceptors (Lipinski definition) is 4. The molecule has 2 heterocycles. The minimum Gasteiger partial charge on any atom is -0.394 e. The molecule has 0 unspecified atom stereocenters. The molecule has 0 aliphatic carbocycles. The Morgan fingerprint density at radius 3 is 2.38 bits per heavy atom. The molecule has 0 bridgehead atoms. The van der Waals surface area contributed by atoms with Crippen molar-refractivity contribution in [1.29, 1.82) is 0 Å². The van der Waals surface area contributed by atoms with Gasteiger partial charge < -0.3 is 10.4 Å². The van der Waals surface area contributed by atoms with Crippen molar-refractivity contribution >= 4 is 15.7 Å². The smallest absolute Gasteiger partial charge is 0.243 e. The van der Waals surface area contributed by atoms with E-state index in [1.165, 1.54) is 34.6 Å². The van der Waals surface area contributed by atoms with Gasteiger partial charge in [0.05, 0.1) is 23.6 Å². The van der Waals surface area contributed by atoms with Crippen LogP contribution in [0.2, 0.25) is 0 Å². The Kier molecular flexibility index (Phi) is 5.86. The lowest BCUT2D eigenvalue weighted by molar-refractivity contribution is 0.210. The molecule has 5 rings (SSSR count). The molecule has 0 saturated carbocycles. The normalized spacial score (nSPS) is 21.7. The summed E-state index contributed by atoms with van der Waals surface area (Å²) in [4.78, 5) is -0.101. The number of nitrogens with zero attached hydrogens (tertiary/aromatic N) is 1. The molecule has 174 valence electrons. The van der Waals surface area contributed by atoms with Crippen molar-refractivity contribution < 1.29 is 22.3 Å². The van der Waals surface area contributed by atoms with E-state index in [1.807, 2.05) is 12.1 Å². The number of hydrogen-bond donors (Lipinski definition) is 2. The van der Waals surface area contributed by atoms with E-state index < -0.39 is 21.9 Å². The summed E-state index contributed by atoms with van der Waals surface area (Å²) < 4.78 is 55.7. The second-order valence-electron chi connectivity index (χ2n) is 8.47. The van der Waals surface area contributed by atoms with Crippen LogP contribution in [0, 0.1) is 29.4 Å². The summed E-state index contributed by atoms with van der Waals surface area (Å²) in [5.74, 6) is 4.81. The molecular weight excluding hydrogens is 458 g/mol. The van der Waals surface area contributed by atoms with E-state index in [-0.39, 0.29) is 35.8 Å². The SMILES string of the molecule is O=S(=O)(c1cccc(F)c1)N1CC[C@@H]2[C@H](CO)Nc3ccc(C#Cc4cccc(F)c4)cc3[C@@H]21. The van der Waals surface area contributed by atoms with Gasteiger partial charge in [-0.1, -0.05) is 24.0 Å². The molecule has 2 aliphatic rings. The summed E-state index contributed by atoms with van der Waals surface area (Å²) >= 11 is 0. The molecule has 0 spiro atoms. The third-order valence-corrected chi connectivity index (χ3v) is 8.28. The summed E-state index contributed by atoms with van der Waals surface area (Å²) in [7, 11) is -3.97.